The van der Waals surface area contributed by atoms with Gasteiger partial charge in [0.05, 0.1) is 18.3 Å². The molecule has 0 unspecified atom stereocenters. The molecule has 1 aromatic carbocycles. The lowest BCUT2D eigenvalue weighted by atomic mass is 10.1. The Labute approximate surface area is 132 Å². The summed E-state index contributed by atoms with van der Waals surface area (Å²) in [6.07, 6.45) is 2.30. The molecule has 0 aliphatic rings. The molecular weight excluding hydrogens is 296 g/mol. The van der Waals surface area contributed by atoms with Crippen LogP contribution in [0.3, 0.4) is 0 Å². The van der Waals surface area contributed by atoms with Gasteiger partial charge in [-0.1, -0.05) is 23.8 Å². The molecule has 0 aliphatic carbocycles. The highest BCUT2D eigenvalue weighted by Crippen LogP contribution is 2.27. The number of hydrogen-bond acceptors (Lipinski definition) is 5. The van der Waals surface area contributed by atoms with Crippen LogP contribution in [0.4, 0.5) is 0 Å². The van der Waals surface area contributed by atoms with Crippen LogP contribution in [0, 0.1) is 0 Å². The molecule has 0 radical (unpaired) electrons. The average Bonchev–Trinajstić information content (AvgIpc) is 2.87. The van der Waals surface area contributed by atoms with E-state index in [0.29, 0.717) is 25.3 Å². The van der Waals surface area contributed by atoms with Crippen molar-refractivity contribution < 1.29 is 14.8 Å². The van der Waals surface area contributed by atoms with E-state index in [-0.39, 0.29) is 5.91 Å². The standard InChI is InChI=1S/C16H18N4O3/c1-20-14-6-3-2-5-11(14)12-9-13(18-10-15(12)20)16(21)17-7-4-8-23-19-22/h2-3,5-6,9-10,19,22H,4,7-8H2,1H3,(H,17,21). The highest BCUT2D eigenvalue weighted by Gasteiger charge is 2.12. The summed E-state index contributed by atoms with van der Waals surface area (Å²) in [4.78, 5) is 21.0. The molecule has 7 nitrogen and oxygen atoms in total. The molecule has 7 heteroatoms. The number of nitrogens with zero attached hydrogens (tertiary/aromatic N) is 2. The fourth-order valence-electron chi connectivity index (χ4n) is 2.66. The normalized spacial score (nSPS) is 11.2. The zero-order valence-electron chi connectivity index (χ0n) is 12.7. The first-order valence-electron chi connectivity index (χ1n) is 7.34. The number of carbonyl (C=O) groups excluding carboxylic acids is 1. The summed E-state index contributed by atoms with van der Waals surface area (Å²) in [6.45, 7) is 0.738. The van der Waals surface area contributed by atoms with E-state index in [0.717, 1.165) is 21.8 Å². The second kappa shape index (κ2) is 6.74. The Balaban J connectivity index is 1.82. The van der Waals surface area contributed by atoms with Crippen molar-refractivity contribution in [3.8, 4) is 0 Å². The molecule has 3 aromatic rings. The molecule has 3 N–H and O–H groups in total. The van der Waals surface area contributed by atoms with Gasteiger partial charge >= 0.3 is 0 Å². The van der Waals surface area contributed by atoms with Gasteiger partial charge < -0.3 is 9.88 Å². The Morgan fingerprint density at radius 1 is 1.30 bits per heavy atom. The monoisotopic (exact) mass is 314 g/mol. The number of pyridine rings is 1. The van der Waals surface area contributed by atoms with E-state index >= 15 is 0 Å². The topological polar surface area (TPSA) is 88.4 Å². The number of aromatic nitrogens is 2. The van der Waals surface area contributed by atoms with Crippen LogP contribution < -0.4 is 11.0 Å². The van der Waals surface area contributed by atoms with Crippen LogP contribution >= 0.6 is 0 Å². The van der Waals surface area contributed by atoms with Crippen molar-refractivity contribution in [1.29, 1.82) is 0 Å². The van der Waals surface area contributed by atoms with Gasteiger partial charge in [-0.15, -0.1) is 0 Å². The lowest BCUT2D eigenvalue weighted by Crippen LogP contribution is -2.26. The third-order valence-electron chi connectivity index (χ3n) is 3.81. The van der Waals surface area contributed by atoms with Crippen LogP contribution in [-0.4, -0.2) is 33.8 Å². The van der Waals surface area contributed by atoms with Gasteiger partial charge in [-0.25, -0.2) is 4.98 Å². The van der Waals surface area contributed by atoms with Gasteiger partial charge in [0.2, 0.25) is 0 Å². The summed E-state index contributed by atoms with van der Waals surface area (Å²) in [7, 11) is 1.99. The third kappa shape index (κ3) is 3.02. The lowest BCUT2D eigenvalue weighted by molar-refractivity contribution is -0.127. The summed E-state index contributed by atoms with van der Waals surface area (Å²) in [5, 5.41) is 13.2. The Morgan fingerprint density at radius 2 is 2.13 bits per heavy atom. The van der Waals surface area contributed by atoms with E-state index in [4.69, 9.17) is 5.21 Å². The van der Waals surface area contributed by atoms with E-state index < -0.39 is 0 Å². The Morgan fingerprint density at radius 3 is 2.96 bits per heavy atom. The SMILES string of the molecule is Cn1c2ccccc2c2cc(C(=O)NCCCONO)ncc21. The van der Waals surface area contributed by atoms with Gasteiger partial charge in [0.25, 0.3) is 5.91 Å². The maximum absolute atomic E-state index is 12.2. The molecule has 0 saturated carbocycles. The molecule has 120 valence electrons. The molecule has 0 atom stereocenters. The van der Waals surface area contributed by atoms with Gasteiger partial charge in [0, 0.05) is 29.9 Å². The van der Waals surface area contributed by atoms with Crippen LogP contribution in [0.2, 0.25) is 0 Å². The van der Waals surface area contributed by atoms with E-state index in [1.807, 2.05) is 37.4 Å². The van der Waals surface area contributed by atoms with Crippen LogP contribution in [0.1, 0.15) is 16.9 Å². The number of carbonyl (C=O) groups is 1. The van der Waals surface area contributed by atoms with Crippen molar-refractivity contribution in [2.75, 3.05) is 13.2 Å². The van der Waals surface area contributed by atoms with Crippen molar-refractivity contribution in [1.82, 2.24) is 20.5 Å². The minimum absolute atomic E-state index is 0.225. The van der Waals surface area contributed by atoms with Gasteiger partial charge in [-0.3, -0.25) is 14.8 Å². The maximum atomic E-state index is 12.2. The first-order valence-corrected chi connectivity index (χ1v) is 7.34. The predicted octanol–water partition coefficient (Wildman–Crippen LogP) is 1.76. The molecule has 2 aromatic heterocycles. The maximum Gasteiger partial charge on any atom is 0.269 e. The Kier molecular flexibility index (Phi) is 4.52. The fraction of sp³-hybridized carbons (Fsp3) is 0.250. The summed E-state index contributed by atoms with van der Waals surface area (Å²) < 4.78 is 2.07. The molecule has 0 aliphatic heterocycles. The molecular formula is C16H18N4O3. The molecule has 0 spiro atoms. The van der Waals surface area contributed by atoms with Crippen LogP contribution in [-0.2, 0) is 11.9 Å². The average molecular weight is 314 g/mol. The molecule has 23 heavy (non-hydrogen) atoms. The third-order valence-corrected chi connectivity index (χ3v) is 3.81. The van der Waals surface area contributed by atoms with Gasteiger partial charge in [0.15, 0.2) is 0 Å². The van der Waals surface area contributed by atoms with Gasteiger partial charge in [-0.05, 0) is 18.6 Å². The van der Waals surface area contributed by atoms with E-state index in [1.165, 1.54) is 0 Å². The lowest BCUT2D eigenvalue weighted by Gasteiger charge is -2.05. The number of hydrogen-bond donors (Lipinski definition) is 3. The van der Waals surface area contributed by atoms with Gasteiger partial charge in [-0.2, -0.15) is 0 Å². The summed E-state index contributed by atoms with van der Waals surface area (Å²) in [5.74, 6) is -0.225. The number of aryl methyl sites for hydroxylation is 1. The smallest absolute Gasteiger partial charge is 0.269 e. The van der Waals surface area contributed by atoms with E-state index in [2.05, 4.69) is 19.7 Å². The number of benzene rings is 1. The first kappa shape index (κ1) is 15.4. The number of nitrogens with one attached hydrogen (secondary N) is 2. The zero-order chi connectivity index (χ0) is 16.2. The summed E-state index contributed by atoms with van der Waals surface area (Å²) in [6, 6.07) is 9.88. The number of para-hydroxylation sites is 1. The molecule has 0 saturated heterocycles. The number of rotatable bonds is 6. The highest BCUT2D eigenvalue weighted by molar-refractivity contribution is 6.09. The number of amides is 1. The zero-order valence-corrected chi connectivity index (χ0v) is 12.7. The fourth-order valence-corrected chi connectivity index (χ4v) is 2.66. The number of fused-ring (bicyclic) bond motifs is 3. The minimum atomic E-state index is -0.225. The van der Waals surface area contributed by atoms with Crippen LogP contribution in [0.25, 0.3) is 21.8 Å². The quantitative estimate of drug-likeness (QED) is 0.476. The van der Waals surface area contributed by atoms with Crippen LogP contribution in [0.15, 0.2) is 36.5 Å². The highest BCUT2D eigenvalue weighted by atomic mass is 16.8. The van der Waals surface area contributed by atoms with Crippen molar-refractivity contribution in [2.24, 2.45) is 7.05 Å². The van der Waals surface area contributed by atoms with Crippen molar-refractivity contribution >= 4 is 27.7 Å². The molecule has 0 bridgehead atoms. The van der Waals surface area contributed by atoms with Crippen LogP contribution in [0.5, 0.6) is 0 Å². The predicted molar refractivity (Wildman–Crippen MR) is 86.0 cm³/mol. The van der Waals surface area contributed by atoms with E-state index in [9.17, 15) is 4.79 Å². The molecule has 2 heterocycles. The Bertz CT molecular complexity index is 844. The summed E-state index contributed by atoms with van der Waals surface area (Å²) >= 11 is 0. The molecule has 0 fully saturated rings. The first-order chi connectivity index (χ1) is 11.2. The minimum Gasteiger partial charge on any atom is -0.351 e. The van der Waals surface area contributed by atoms with Crippen molar-refractivity contribution in [3.05, 3.63) is 42.2 Å². The largest absolute Gasteiger partial charge is 0.351 e. The molecule has 1 amide bonds. The van der Waals surface area contributed by atoms with Crippen molar-refractivity contribution in [2.45, 2.75) is 6.42 Å². The second-order valence-electron chi connectivity index (χ2n) is 5.21. The summed E-state index contributed by atoms with van der Waals surface area (Å²) in [5.41, 5.74) is 4.08. The van der Waals surface area contributed by atoms with Gasteiger partial charge in [0.1, 0.15) is 5.69 Å². The van der Waals surface area contributed by atoms with Crippen molar-refractivity contribution in [3.63, 3.8) is 0 Å². The molecule has 3 rings (SSSR count). The Hall–Kier alpha value is -2.48. The second-order valence-corrected chi connectivity index (χ2v) is 5.21. The van der Waals surface area contributed by atoms with E-state index in [1.54, 1.807) is 11.8 Å².